The van der Waals surface area contributed by atoms with Crippen LogP contribution in [-0.4, -0.2) is 17.7 Å². The van der Waals surface area contributed by atoms with E-state index >= 15 is 0 Å². The minimum Gasteiger partial charge on any atom is -0.545 e. The van der Waals surface area contributed by atoms with Crippen molar-refractivity contribution in [2.24, 2.45) is 0 Å². The summed E-state index contributed by atoms with van der Waals surface area (Å²) < 4.78 is 0. The maximum Gasteiger partial charge on any atom is 1.00 e. The minimum absolute atomic E-state index is 0. The summed E-state index contributed by atoms with van der Waals surface area (Å²) in [6, 6.07) is 8.22. The van der Waals surface area contributed by atoms with Crippen LogP contribution < -0.4 is 113 Å². The number of hydrogen-bond donors (Lipinski definition) is 0. The van der Waals surface area contributed by atoms with Gasteiger partial charge in [-0.2, -0.15) is 0 Å². The molecule has 0 spiro atoms. The number of hydrogen-bond acceptors (Lipinski definition) is 5. The van der Waals surface area contributed by atoms with Crippen molar-refractivity contribution in [3.63, 3.8) is 0 Å². The van der Waals surface area contributed by atoms with Gasteiger partial charge in [-0.3, -0.25) is 4.79 Å². The summed E-state index contributed by atoms with van der Waals surface area (Å²) in [5.41, 5.74) is 1.45. The monoisotopic (exact) mass is 344 g/mol. The van der Waals surface area contributed by atoms with E-state index in [0.717, 1.165) is 0 Å². The molecule has 0 bridgehead atoms. The van der Waals surface area contributed by atoms with Gasteiger partial charge >= 0.3 is 103 Å². The Balaban J connectivity index is 0.00000121. The molecule has 0 heterocycles. The third kappa shape index (κ3) is 3.54. The SMILES string of the molecule is O=C([O-])c1ccc2c(c1)C(=O)c1cc(C(=O)[O-])ccc1-2.[K+].[K+]. The second kappa shape index (κ2) is 7.93. The Kier molecular flexibility index (Phi) is 7.34. The first-order valence-electron chi connectivity index (χ1n) is 5.75. The van der Waals surface area contributed by atoms with Crippen molar-refractivity contribution in [3.8, 4) is 11.1 Å². The molecule has 1 aliphatic carbocycles. The first-order chi connectivity index (χ1) is 9.49. The summed E-state index contributed by atoms with van der Waals surface area (Å²) in [5, 5.41) is 21.6. The van der Waals surface area contributed by atoms with Gasteiger partial charge in [0, 0.05) is 11.1 Å². The van der Waals surface area contributed by atoms with Crippen LogP contribution in [0.5, 0.6) is 0 Å². The maximum absolute atomic E-state index is 12.2. The predicted molar refractivity (Wildman–Crippen MR) is 64.0 cm³/mol. The number of aromatic carboxylic acids is 2. The molecule has 3 rings (SSSR count). The van der Waals surface area contributed by atoms with Gasteiger partial charge in [-0.1, -0.05) is 24.3 Å². The number of carbonyl (C=O) groups is 3. The molecule has 0 aliphatic heterocycles. The normalized spacial score (nSPS) is 10.8. The number of carbonyl (C=O) groups excluding carboxylic acids is 3. The number of rotatable bonds is 2. The molecule has 0 fully saturated rings. The Morgan fingerprint density at radius 2 is 1.05 bits per heavy atom. The van der Waals surface area contributed by atoms with Gasteiger partial charge in [0.2, 0.25) is 0 Å². The standard InChI is InChI=1S/C15H8O5.2K/c16-13-11-5-7(14(17)18)1-3-9(11)10-4-2-8(15(19)20)6-12(10)13;;/h1-6H,(H,17,18)(H,19,20);;/q;2*+1/p-2. The summed E-state index contributed by atoms with van der Waals surface area (Å²) in [6.07, 6.45) is 0. The average Bonchev–Trinajstić information content (AvgIpc) is 2.71. The van der Waals surface area contributed by atoms with E-state index in [1.807, 2.05) is 0 Å². The zero-order valence-corrected chi connectivity index (χ0v) is 18.3. The van der Waals surface area contributed by atoms with Crippen LogP contribution >= 0.6 is 0 Å². The quantitative estimate of drug-likeness (QED) is 0.431. The third-order valence-corrected chi connectivity index (χ3v) is 3.29. The van der Waals surface area contributed by atoms with Crippen molar-refractivity contribution >= 4 is 17.7 Å². The van der Waals surface area contributed by atoms with E-state index in [1.54, 1.807) is 0 Å². The smallest absolute Gasteiger partial charge is 0.545 e. The van der Waals surface area contributed by atoms with Gasteiger partial charge in [-0.05, 0) is 34.4 Å². The van der Waals surface area contributed by atoms with Crippen LogP contribution in [0.1, 0.15) is 36.6 Å². The fourth-order valence-electron chi connectivity index (χ4n) is 2.33. The van der Waals surface area contributed by atoms with Gasteiger partial charge in [-0.25, -0.2) is 0 Å². The fourth-order valence-corrected chi connectivity index (χ4v) is 2.33. The van der Waals surface area contributed by atoms with E-state index in [0.29, 0.717) is 11.1 Å². The van der Waals surface area contributed by atoms with Crippen molar-refractivity contribution in [3.05, 3.63) is 58.7 Å². The number of ketones is 1. The topological polar surface area (TPSA) is 97.3 Å². The van der Waals surface area contributed by atoms with Crippen LogP contribution in [0.15, 0.2) is 36.4 Å². The maximum atomic E-state index is 12.2. The molecule has 0 saturated carbocycles. The molecule has 0 atom stereocenters. The van der Waals surface area contributed by atoms with E-state index in [2.05, 4.69) is 0 Å². The zero-order valence-electron chi connectivity index (χ0n) is 12.0. The Morgan fingerprint density at radius 3 is 1.36 bits per heavy atom. The second-order valence-corrected chi connectivity index (χ2v) is 4.42. The first kappa shape index (κ1) is 20.4. The molecular weight excluding hydrogens is 338 g/mol. The van der Waals surface area contributed by atoms with Crippen LogP contribution in [0.2, 0.25) is 0 Å². The van der Waals surface area contributed by atoms with E-state index in [-0.39, 0.29) is 125 Å². The van der Waals surface area contributed by atoms with E-state index in [9.17, 15) is 24.6 Å². The number of fused-ring (bicyclic) bond motifs is 3. The molecule has 2 aromatic rings. The molecule has 0 N–H and O–H groups in total. The van der Waals surface area contributed by atoms with Crippen molar-refractivity contribution in [1.82, 2.24) is 0 Å². The van der Waals surface area contributed by atoms with Crippen molar-refractivity contribution < 1.29 is 127 Å². The Hall–Kier alpha value is 0.323. The van der Waals surface area contributed by atoms with Gasteiger partial charge in [0.15, 0.2) is 5.78 Å². The van der Waals surface area contributed by atoms with Crippen LogP contribution in [0.3, 0.4) is 0 Å². The third-order valence-electron chi connectivity index (χ3n) is 3.29. The molecule has 22 heavy (non-hydrogen) atoms. The van der Waals surface area contributed by atoms with Crippen LogP contribution in [0, 0.1) is 0 Å². The van der Waals surface area contributed by atoms with Gasteiger partial charge in [0.05, 0.1) is 11.9 Å². The van der Waals surface area contributed by atoms with Crippen LogP contribution in [-0.2, 0) is 0 Å². The summed E-state index contributed by atoms with van der Waals surface area (Å²) in [5.74, 6) is -3.14. The molecule has 5 nitrogen and oxygen atoms in total. The van der Waals surface area contributed by atoms with E-state index in [4.69, 9.17) is 0 Å². The fraction of sp³-hybridized carbons (Fsp3) is 0. The van der Waals surface area contributed by atoms with Crippen molar-refractivity contribution in [2.45, 2.75) is 0 Å². The van der Waals surface area contributed by atoms with Crippen molar-refractivity contribution in [2.75, 3.05) is 0 Å². The molecule has 7 heteroatoms. The molecule has 0 aromatic heterocycles. The summed E-state index contributed by atoms with van der Waals surface area (Å²) >= 11 is 0. The van der Waals surface area contributed by atoms with Gasteiger partial charge < -0.3 is 19.8 Å². The van der Waals surface area contributed by atoms with Gasteiger partial charge in [0.1, 0.15) is 0 Å². The van der Waals surface area contributed by atoms with E-state index < -0.39 is 17.7 Å². The number of carboxylic acid groups (broad SMARTS) is 2. The molecule has 0 unspecified atom stereocenters. The zero-order chi connectivity index (χ0) is 14.4. The molecule has 1 aliphatic rings. The minimum atomic E-state index is -1.37. The molecule has 0 radical (unpaired) electrons. The summed E-state index contributed by atoms with van der Waals surface area (Å²) in [4.78, 5) is 33.8. The molecule has 0 saturated heterocycles. The largest absolute Gasteiger partial charge is 1.00 e. The molecule has 0 amide bonds. The summed E-state index contributed by atoms with van der Waals surface area (Å²) in [7, 11) is 0. The Bertz CT molecular complexity index is 733. The Labute approximate surface area is 210 Å². The second-order valence-electron chi connectivity index (χ2n) is 4.42. The van der Waals surface area contributed by atoms with Gasteiger partial charge in [0.25, 0.3) is 0 Å². The predicted octanol–water partition coefficient (Wildman–Crippen LogP) is -6.37. The Morgan fingerprint density at radius 1 is 0.682 bits per heavy atom. The van der Waals surface area contributed by atoms with E-state index in [1.165, 1.54) is 36.4 Å². The molecule has 2 aromatic carbocycles. The average molecular weight is 344 g/mol. The number of carboxylic acids is 2. The van der Waals surface area contributed by atoms with Crippen molar-refractivity contribution in [1.29, 1.82) is 0 Å². The van der Waals surface area contributed by atoms with Crippen LogP contribution in [0.4, 0.5) is 0 Å². The first-order valence-corrected chi connectivity index (χ1v) is 5.75. The summed E-state index contributed by atoms with van der Waals surface area (Å²) in [6.45, 7) is 0. The number of benzene rings is 2. The molecule has 98 valence electrons. The van der Waals surface area contributed by atoms with Gasteiger partial charge in [-0.15, -0.1) is 0 Å². The van der Waals surface area contributed by atoms with Crippen LogP contribution in [0.25, 0.3) is 11.1 Å². The molecular formula is C15H6K2O5.